The molecule has 1 fully saturated rings. The molecule has 1 saturated heterocycles. The summed E-state index contributed by atoms with van der Waals surface area (Å²) in [4.78, 5) is 16.2. The minimum absolute atomic E-state index is 0.287. The molecule has 0 bridgehead atoms. The molecule has 1 aliphatic heterocycles. The standard InChI is InChI=1S/C24H22F2N4O2S/c1-15-19-13-22(33-24(19)30(28-15)14-16-2-4-17(25)5-3-16)23(31)27-18-6-7-21(20(26)12-18)29-8-10-32-11-9-29/h2-7,12-13H,8-11,14H2,1H3,(H,27,31). The fourth-order valence-corrected chi connectivity index (χ4v) is 4.99. The molecule has 1 amide bonds. The minimum Gasteiger partial charge on any atom is -0.378 e. The van der Waals surface area contributed by atoms with Crippen molar-refractivity contribution in [3.63, 3.8) is 0 Å². The summed E-state index contributed by atoms with van der Waals surface area (Å²) >= 11 is 1.32. The molecule has 9 heteroatoms. The number of thiophene rings is 1. The van der Waals surface area contributed by atoms with Gasteiger partial charge in [-0.05, 0) is 48.9 Å². The van der Waals surface area contributed by atoms with Gasteiger partial charge in [-0.3, -0.25) is 9.48 Å². The number of fused-ring (bicyclic) bond motifs is 1. The molecule has 0 atom stereocenters. The van der Waals surface area contributed by atoms with Crippen LogP contribution < -0.4 is 10.2 Å². The number of amides is 1. The average molecular weight is 469 g/mol. The van der Waals surface area contributed by atoms with Crippen LogP contribution in [0.25, 0.3) is 10.2 Å². The maximum Gasteiger partial charge on any atom is 0.265 e. The Morgan fingerprint density at radius 3 is 2.61 bits per heavy atom. The highest BCUT2D eigenvalue weighted by Crippen LogP contribution is 2.30. The van der Waals surface area contributed by atoms with Crippen molar-refractivity contribution in [2.24, 2.45) is 0 Å². The predicted molar refractivity (Wildman–Crippen MR) is 125 cm³/mol. The maximum absolute atomic E-state index is 14.7. The molecule has 4 aromatic rings. The van der Waals surface area contributed by atoms with Crippen LogP contribution in [0.1, 0.15) is 20.9 Å². The van der Waals surface area contributed by atoms with E-state index in [9.17, 15) is 13.6 Å². The summed E-state index contributed by atoms with van der Waals surface area (Å²) in [5.74, 6) is -0.968. The molecule has 0 aliphatic carbocycles. The van der Waals surface area contributed by atoms with Crippen molar-refractivity contribution in [2.75, 3.05) is 36.5 Å². The van der Waals surface area contributed by atoms with Crippen molar-refractivity contribution in [3.8, 4) is 0 Å². The van der Waals surface area contributed by atoms with E-state index in [-0.39, 0.29) is 17.5 Å². The van der Waals surface area contributed by atoms with E-state index in [2.05, 4.69) is 10.4 Å². The Hall–Kier alpha value is -3.30. The van der Waals surface area contributed by atoms with E-state index in [1.54, 1.807) is 30.3 Å². The summed E-state index contributed by atoms with van der Waals surface area (Å²) in [6.07, 6.45) is 0. The first-order valence-corrected chi connectivity index (χ1v) is 11.4. The third kappa shape index (κ3) is 4.46. The van der Waals surface area contributed by atoms with E-state index >= 15 is 0 Å². The second-order valence-corrected chi connectivity index (χ2v) is 8.95. The lowest BCUT2D eigenvalue weighted by molar-refractivity contribution is 0.103. The molecule has 0 radical (unpaired) electrons. The van der Waals surface area contributed by atoms with E-state index in [4.69, 9.17) is 4.74 Å². The van der Waals surface area contributed by atoms with Crippen molar-refractivity contribution in [2.45, 2.75) is 13.5 Å². The smallest absolute Gasteiger partial charge is 0.265 e. The summed E-state index contributed by atoms with van der Waals surface area (Å²) in [5.41, 5.74) is 2.63. The lowest BCUT2D eigenvalue weighted by atomic mass is 10.2. The first-order chi connectivity index (χ1) is 16.0. The zero-order chi connectivity index (χ0) is 22.9. The second kappa shape index (κ2) is 8.92. The number of hydrogen-bond acceptors (Lipinski definition) is 5. The Morgan fingerprint density at radius 1 is 1.12 bits per heavy atom. The van der Waals surface area contributed by atoms with Crippen molar-refractivity contribution in [1.29, 1.82) is 0 Å². The van der Waals surface area contributed by atoms with Gasteiger partial charge in [0.2, 0.25) is 0 Å². The van der Waals surface area contributed by atoms with Gasteiger partial charge >= 0.3 is 0 Å². The van der Waals surface area contributed by atoms with Gasteiger partial charge in [0.15, 0.2) is 0 Å². The fourth-order valence-electron chi connectivity index (χ4n) is 3.93. The van der Waals surface area contributed by atoms with E-state index in [0.29, 0.717) is 49.1 Å². The van der Waals surface area contributed by atoms with Crippen LogP contribution in [0.3, 0.4) is 0 Å². The molecule has 2 aromatic heterocycles. The normalized spacial score (nSPS) is 14.1. The molecule has 3 heterocycles. The van der Waals surface area contributed by atoms with Crippen LogP contribution in [-0.2, 0) is 11.3 Å². The second-order valence-electron chi connectivity index (χ2n) is 7.92. The van der Waals surface area contributed by atoms with Crippen molar-refractivity contribution in [3.05, 3.63) is 76.3 Å². The summed E-state index contributed by atoms with van der Waals surface area (Å²) in [6.45, 7) is 4.78. The first kappa shape index (κ1) is 21.5. The lowest BCUT2D eigenvalue weighted by Gasteiger charge is -2.29. The van der Waals surface area contributed by atoms with E-state index in [1.807, 2.05) is 16.5 Å². The zero-order valence-electron chi connectivity index (χ0n) is 18.0. The number of morpholine rings is 1. The summed E-state index contributed by atoms with van der Waals surface area (Å²) in [7, 11) is 0. The number of ether oxygens (including phenoxy) is 1. The predicted octanol–water partition coefficient (Wildman–Crippen LogP) is 4.82. The van der Waals surface area contributed by atoms with Gasteiger partial charge in [-0.1, -0.05) is 12.1 Å². The number of carbonyl (C=O) groups excluding carboxylic acids is 1. The Balaban J connectivity index is 1.34. The van der Waals surface area contributed by atoms with Crippen LogP contribution in [0, 0.1) is 18.6 Å². The highest BCUT2D eigenvalue weighted by molar-refractivity contribution is 7.20. The Kier molecular flexibility index (Phi) is 5.82. The third-order valence-electron chi connectivity index (χ3n) is 5.63. The number of carbonyl (C=O) groups is 1. The summed E-state index contributed by atoms with van der Waals surface area (Å²) in [5, 5.41) is 8.24. The molecule has 0 unspecified atom stereocenters. The lowest BCUT2D eigenvalue weighted by Crippen LogP contribution is -2.36. The summed E-state index contributed by atoms with van der Waals surface area (Å²) < 4.78 is 35.0. The highest BCUT2D eigenvalue weighted by atomic mass is 32.1. The van der Waals surface area contributed by atoms with Crippen LogP contribution in [0.2, 0.25) is 0 Å². The first-order valence-electron chi connectivity index (χ1n) is 10.6. The molecule has 2 aromatic carbocycles. The van der Waals surface area contributed by atoms with Gasteiger partial charge in [-0.25, -0.2) is 8.78 Å². The largest absolute Gasteiger partial charge is 0.378 e. The van der Waals surface area contributed by atoms with Gasteiger partial charge in [0.05, 0.1) is 36.0 Å². The van der Waals surface area contributed by atoms with E-state index in [1.165, 1.54) is 29.5 Å². The van der Waals surface area contributed by atoms with Gasteiger partial charge < -0.3 is 15.0 Å². The molecule has 170 valence electrons. The topological polar surface area (TPSA) is 59.4 Å². The number of benzene rings is 2. The number of rotatable bonds is 5. The fraction of sp³-hybridized carbons (Fsp3) is 0.250. The van der Waals surface area contributed by atoms with Crippen molar-refractivity contribution < 1.29 is 18.3 Å². The SMILES string of the molecule is Cc1nn(Cc2ccc(F)cc2)c2sc(C(=O)Nc3ccc(N4CCOCC4)c(F)c3)cc12. The zero-order valence-corrected chi connectivity index (χ0v) is 18.8. The van der Waals surface area contributed by atoms with Gasteiger partial charge in [0.25, 0.3) is 5.91 Å². The number of aromatic nitrogens is 2. The third-order valence-corrected chi connectivity index (χ3v) is 6.78. The molecule has 5 rings (SSSR count). The highest BCUT2D eigenvalue weighted by Gasteiger charge is 2.19. The molecular weight excluding hydrogens is 446 g/mol. The number of anilines is 2. The van der Waals surface area contributed by atoms with Crippen molar-refractivity contribution >= 4 is 38.8 Å². The van der Waals surface area contributed by atoms with Crippen LogP contribution >= 0.6 is 11.3 Å². The molecule has 6 nitrogen and oxygen atoms in total. The van der Waals surface area contributed by atoms with E-state index in [0.717, 1.165) is 21.5 Å². The van der Waals surface area contributed by atoms with Gasteiger partial charge in [0, 0.05) is 24.2 Å². The molecular formula is C24H22F2N4O2S. The number of nitrogens with one attached hydrogen (secondary N) is 1. The minimum atomic E-state index is -0.378. The molecule has 0 spiro atoms. The Bertz CT molecular complexity index is 1310. The van der Waals surface area contributed by atoms with Gasteiger partial charge in [-0.15, -0.1) is 11.3 Å². The van der Waals surface area contributed by atoms with Crippen LogP contribution in [0.5, 0.6) is 0 Å². The van der Waals surface area contributed by atoms with Gasteiger partial charge in [-0.2, -0.15) is 5.10 Å². The maximum atomic E-state index is 14.7. The molecule has 33 heavy (non-hydrogen) atoms. The molecule has 1 aliphatic rings. The Labute approximate surface area is 193 Å². The van der Waals surface area contributed by atoms with Gasteiger partial charge in [0.1, 0.15) is 16.5 Å². The summed E-state index contributed by atoms with van der Waals surface area (Å²) in [6, 6.07) is 12.8. The number of nitrogens with zero attached hydrogens (tertiary/aromatic N) is 3. The van der Waals surface area contributed by atoms with E-state index < -0.39 is 0 Å². The van der Waals surface area contributed by atoms with Crippen molar-refractivity contribution in [1.82, 2.24) is 9.78 Å². The van der Waals surface area contributed by atoms with Crippen LogP contribution in [0.4, 0.5) is 20.2 Å². The Morgan fingerprint density at radius 2 is 1.88 bits per heavy atom. The monoisotopic (exact) mass is 468 g/mol. The average Bonchev–Trinajstić information content (AvgIpc) is 3.37. The number of halogens is 2. The number of aryl methyl sites for hydroxylation is 1. The molecule has 1 N–H and O–H groups in total. The molecule has 0 saturated carbocycles. The number of hydrogen-bond donors (Lipinski definition) is 1. The van der Waals surface area contributed by atoms with Crippen LogP contribution in [0.15, 0.2) is 48.5 Å². The van der Waals surface area contributed by atoms with Crippen LogP contribution in [-0.4, -0.2) is 42.0 Å². The quantitative estimate of drug-likeness (QED) is 0.456.